The second kappa shape index (κ2) is 9.46. The van der Waals surface area contributed by atoms with Gasteiger partial charge in [0.1, 0.15) is 0 Å². The van der Waals surface area contributed by atoms with Gasteiger partial charge in [-0.15, -0.1) is 0 Å². The van der Waals surface area contributed by atoms with Gasteiger partial charge in [0.25, 0.3) is 5.91 Å². The fourth-order valence-electron chi connectivity index (χ4n) is 2.49. The number of methoxy groups -OCH3 is 2. The third kappa shape index (κ3) is 5.51. The van der Waals surface area contributed by atoms with Crippen molar-refractivity contribution in [1.82, 2.24) is 10.6 Å². The number of benzene rings is 2. The summed E-state index contributed by atoms with van der Waals surface area (Å²) in [5.41, 5.74) is 2.56. The van der Waals surface area contributed by atoms with Crippen LogP contribution in [0.4, 0.5) is 0 Å². The summed E-state index contributed by atoms with van der Waals surface area (Å²) in [6.07, 6.45) is 0.651. The average molecular weight is 356 g/mol. The Morgan fingerprint density at radius 3 is 2.42 bits per heavy atom. The van der Waals surface area contributed by atoms with Crippen LogP contribution in [0.5, 0.6) is 11.5 Å². The quantitative estimate of drug-likeness (QED) is 0.759. The van der Waals surface area contributed by atoms with E-state index in [1.807, 2.05) is 37.3 Å². The number of carbonyl (C=O) groups is 2. The minimum absolute atomic E-state index is 0.0568. The molecule has 0 radical (unpaired) electrons. The molecule has 0 fully saturated rings. The van der Waals surface area contributed by atoms with Crippen molar-refractivity contribution in [1.29, 1.82) is 0 Å². The highest BCUT2D eigenvalue weighted by Crippen LogP contribution is 2.27. The summed E-state index contributed by atoms with van der Waals surface area (Å²) in [5.74, 6) is 0.830. The highest BCUT2D eigenvalue weighted by atomic mass is 16.5. The summed E-state index contributed by atoms with van der Waals surface area (Å²) in [6, 6.07) is 12.9. The Balaban J connectivity index is 1.76. The summed E-state index contributed by atoms with van der Waals surface area (Å²) in [7, 11) is 3.17. The van der Waals surface area contributed by atoms with E-state index in [1.165, 1.54) is 0 Å². The zero-order valence-corrected chi connectivity index (χ0v) is 15.3. The fraction of sp³-hybridized carbons (Fsp3) is 0.300. The normalized spacial score (nSPS) is 10.1. The van der Waals surface area contributed by atoms with Gasteiger partial charge in [0.05, 0.1) is 20.8 Å². The van der Waals surface area contributed by atoms with Gasteiger partial charge in [-0.25, -0.2) is 0 Å². The molecular formula is C20H24N2O4. The summed E-state index contributed by atoms with van der Waals surface area (Å²) >= 11 is 0. The minimum Gasteiger partial charge on any atom is -0.493 e. The fourth-order valence-corrected chi connectivity index (χ4v) is 2.49. The number of hydrogen-bond acceptors (Lipinski definition) is 4. The van der Waals surface area contributed by atoms with Crippen LogP contribution in [0, 0.1) is 6.92 Å². The molecule has 0 aliphatic rings. The molecule has 0 unspecified atom stereocenters. The average Bonchev–Trinajstić information content (AvgIpc) is 2.65. The van der Waals surface area contributed by atoms with Crippen LogP contribution < -0.4 is 20.1 Å². The number of nitrogens with one attached hydrogen (secondary N) is 2. The van der Waals surface area contributed by atoms with Gasteiger partial charge in [-0.2, -0.15) is 0 Å². The molecule has 0 saturated carbocycles. The molecule has 26 heavy (non-hydrogen) atoms. The molecule has 2 aromatic rings. The lowest BCUT2D eigenvalue weighted by Gasteiger charge is -2.10. The Hall–Kier alpha value is -3.02. The van der Waals surface area contributed by atoms with Crippen molar-refractivity contribution in [2.45, 2.75) is 13.3 Å². The standard InChI is InChI=1S/C20H24N2O4/c1-14-5-4-6-16(11-14)20(24)22-13-19(23)21-10-9-15-7-8-17(25-2)18(12-15)26-3/h4-8,11-12H,9-10,13H2,1-3H3,(H,21,23)(H,22,24). The van der Waals surface area contributed by atoms with Gasteiger partial charge in [-0.05, 0) is 43.2 Å². The highest BCUT2D eigenvalue weighted by molar-refractivity contribution is 5.96. The molecule has 0 aromatic heterocycles. The molecule has 2 amide bonds. The van der Waals surface area contributed by atoms with Crippen molar-refractivity contribution in [3.05, 3.63) is 59.2 Å². The first-order valence-electron chi connectivity index (χ1n) is 8.36. The Morgan fingerprint density at radius 1 is 0.962 bits per heavy atom. The van der Waals surface area contributed by atoms with E-state index in [0.717, 1.165) is 11.1 Å². The topological polar surface area (TPSA) is 76.7 Å². The SMILES string of the molecule is COc1ccc(CCNC(=O)CNC(=O)c2cccc(C)c2)cc1OC. The van der Waals surface area contributed by atoms with E-state index in [-0.39, 0.29) is 18.4 Å². The Morgan fingerprint density at radius 2 is 1.73 bits per heavy atom. The van der Waals surface area contributed by atoms with Gasteiger partial charge in [0.15, 0.2) is 11.5 Å². The largest absolute Gasteiger partial charge is 0.493 e. The lowest BCUT2D eigenvalue weighted by molar-refractivity contribution is -0.120. The molecule has 2 aromatic carbocycles. The highest BCUT2D eigenvalue weighted by Gasteiger charge is 2.08. The number of amides is 2. The first-order valence-corrected chi connectivity index (χ1v) is 8.36. The van der Waals surface area contributed by atoms with Crippen LogP contribution in [-0.4, -0.2) is 39.1 Å². The molecule has 2 rings (SSSR count). The van der Waals surface area contributed by atoms with Gasteiger partial charge in [-0.1, -0.05) is 23.8 Å². The van der Waals surface area contributed by atoms with E-state index in [4.69, 9.17) is 9.47 Å². The van der Waals surface area contributed by atoms with Crippen molar-refractivity contribution < 1.29 is 19.1 Å². The maximum atomic E-state index is 12.0. The Bertz CT molecular complexity index is 774. The number of aryl methyl sites for hydroxylation is 1. The van der Waals surface area contributed by atoms with Crippen LogP contribution in [0.1, 0.15) is 21.5 Å². The molecule has 0 aliphatic heterocycles. The summed E-state index contributed by atoms with van der Waals surface area (Å²) < 4.78 is 10.5. The van der Waals surface area contributed by atoms with Crippen LogP contribution in [0.3, 0.4) is 0 Å². The summed E-state index contributed by atoms with van der Waals surface area (Å²) in [4.78, 5) is 23.9. The van der Waals surface area contributed by atoms with Crippen molar-refractivity contribution >= 4 is 11.8 Å². The van der Waals surface area contributed by atoms with Gasteiger partial charge in [0.2, 0.25) is 5.91 Å². The maximum absolute atomic E-state index is 12.0. The van der Waals surface area contributed by atoms with E-state index in [9.17, 15) is 9.59 Å². The minimum atomic E-state index is -0.260. The molecular weight excluding hydrogens is 332 g/mol. The van der Waals surface area contributed by atoms with E-state index in [1.54, 1.807) is 26.4 Å². The zero-order chi connectivity index (χ0) is 18.9. The van der Waals surface area contributed by atoms with Crippen LogP contribution in [0.15, 0.2) is 42.5 Å². The first kappa shape index (κ1) is 19.3. The number of rotatable bonds is 8. The molecule has 0 bridgehead atoms. The molecule has 138 valence electrons. The number of carbonyl (C=O) groups excluding carboxylic acids is 2. The first-order chi connectivity index (χ1) is 12.5. The van der Waals surface area contributed by atoms with E-state index >= 15 is 0 Å². The van der Waals surface area contributed by atoms with E-state index < -0.39 is 0 Å². The van der Waals surface area contributed by atoms with Crippen LogP contribution in [0.25, 0.3) is 0 Å². The monoisotopic (exact) mass is 356 g/mol. The predicted molar refractivity (Wildman–Crippen MR) is 99.8 cm³/mol. The Kier molecular flexibility index (Phi) is 7.02. The molecule has 6 nitrogen and oxygen atoms in total. The van der Waals surface area contributed by atoms with Gasteiger partial charge < -0.3 is 20.1 Å². The lowest BCUT2D eigenvalue weighted by Crippen LogP contribution is -2.37. The molecule has 0 aliphatic carbocycles. The van der Waals surface area contributed by atoms with Crippen molar-refractivity contribution in [3.63, 3.8) is 0 Å². The zero-order valence-electron chi connectivity index (χ0n) is 15.3. The summed E-state index contributed by atoms with van der Waals surface area (Å²) in [5, 5.41) is 5.41. The number of ether oxygens (including phenoxy) is 2. The molecule has 6 heteroatoms. The third-order valence-corrected chi connectivity index (χ3v) is 3.87. The maximum Gasteiger partial charge on any atom is 0.251 e. The third-order valence-electron chi connectivity index (χ3n) is 3.87. The van der Waals surface area contributed by atoms with Crippen molar-refractivity contribution in [3.8, 4) is 11.5 Å². The predicted octanol–water partition coefficient (Wildman–Crippen LogP) is 2.10. The van der Waals surface area contributed by atoms with Gasteiger partial charge in [0, 0.05) is 12.1 Å². The van der Waals surface area contributed by atoms with Gasteiger partial charge in [-0.3, -0.25) is 9.59 Å². The molecule has 0 spiro atoms. The molecule has 0 atom stereocenters. The smallest absolute Gasteiger partial charge is 0.251 e. The van der Waals surface area contributed by atoms with Crippen molar-refractivity contribution in [2.24, 2.45) is 0 Å². The van der Waals surface area contributed by atoms with Crippen LogP contribution >= 0.6 is 0 Å². The summed E-state index contributed by atoms with van der Waals surface area (Å²) in [6.45, 7) is 2.32. The number of hydrogen-bond donors (Lipinski definition) is 2. The second-order valence-electron chi connectivity index (χ2n) is 5.84. The van der Waals surface area contributed by atoms with Crippen LogP contribution in [0.2, 0.25) is 0 Å². The molecule has 2 N–H and O–H groups in total. The second-order valence-corrected chi connectivity index (χ2v) is 5.84. The van der Waals surface area contributed by atoms with Crippen molar-refractivity contribution in [2.75, 3.05) is 27.3 Å². The lowest BCUT2D eigenvalue weighted by atomic mass is 10.1. The van der Waals surface area contributed by atoms with E-state index in [2.05, 4.69) is 10.6 Å². The molecule has 0 heterocycles. The van der Waals surface area contributed by atoms with Crippen LogP contribution in [-0.2, 0) is 11.2 Å². The molecule has 0 saturated heterocycles. The van der Waals surface area contributed by atoms with E-state index in [0.29, 0.717) is 30.0 Å². The van der Waals surface area contributed by atoms with Gasteiger partial charge >= 0.3 is 0 Å². The Labute approximate surface area is 153 Å².